The second-order valence-electron chi connectivity index (χ2n) is 10.5. The van der Waals surface area contributed by atoms with E-state index in [-0.39, 0.29) is 23.7 Å². The lowest BCUT2D eigenvalue weighted by Crippen LogP contribution is -2.60. The van der Waals surface area contributed by atoms with Crippen LogP contribution in [-0.4, -0.2) is 81.8 Å². The van der Waals surface area contributed by atoms with Gasteiger partial charge in [0.25, 0.3) is 0 Å². The van der Waals surface area contributed by atoms with Crippen LogP contribution in [0.3, 0.4) is 0 Å². The van der Waals surface area contributed by atoms with Crippen LogP contribution in [0.25, 0.3) is 5.65 Å². The van der Waals surface area contributed by atoms with E-state index in [0.717, 1.165) is 0 Å². The maximum absolute atomic E-state index is 12.0. The number of hydrogen-bond donors (Lipinski definition) is 5. The molecule has 1 fully saturated rings. The predicted molar refractivity (Wildman–Crippen MR) is 158 cm³/mol. The summed E-state index contributed by atoms with van der Waals surface area (Å²) in [5, 5.41) is 46.8. The predicted octanol–water partition coefficient (Wildman–Crippen LogP) is 2.75. The average molecular weight is 596 g/mol. The number of rotatable bonds is 10. The summed E-state index contributed by atoms with van der Waals surface area (Å²) >= 11 is 6.93. The number of nitrogens with one attached hydrogen (secondary N) is 4. The smallest absolute Gasteiger partial charge is 0.407 e. The van der Waals surface area contributed by atoms with Gasteiger partial charge in [0.05, 0.1) is 53.0 Å². The number of fused-ring (bicyclic) bond motifs is 1. The minimum Gasteiger partial charge on any atom is -0.453 e. The van der Waals surface area contributed by atoms with Crippen LogP contribution in [0, 0.1) is 22.7 Å². The van der Waals surface area contributed by atoms with E-state index >= 15 is 0 Å². The monoisotopic (exact) mass is 595 g/mol. The fourth-order valence-corrected chi connectivity index (χ4v) is 5.01. The molecule has 15 heteroatoms. The van der Waals surface area contributed by atoms with E-state index < -0.39 is 11.7 Å². The van der Waals surface area contributed by atoms with E-state index in [1.165, 1.54) is 17.8 Å². The highest BCUT2D eigenvalue weighted by Gasteiger charge is 2.32. The Morgan fingerprint density at radius 3 is 2.74 bits per heavy atom. The standard InChI is InChI=1S/C27H34ClN11O3/c1-5-31-23-24-33-14-17(13-30)39(24)37-25(36-23)34-19-10-16(12-29)11-21(22(19)28)38-9-6-18(35-26(40)42-4)20(15-38)32-8-7-27(2,3)41/h10-11,14,18,20,32,41H,5-9,15H2,1-4H3,(H,35,40)(H2,31,34,36,37)/t18-,20-/m1/s1. The number of amides is 1. The van der Waals surface area contributed by atoms with Gasteiger partial charge in [0.1, 0.15) is 6.07 Å². The molecule has 1 aromatic carbocycles. The zero-order valence-corrected chi connectivity index (χ0v) is 24.7. The summed E-state index contributed by atoms with van der Waals surface area (Å²) in [6, 6.07) is 7.15. The summed E-state index contributed by atoms with van der Waals surface area (Å²) in [5.41, 5.74) is 1.19. The largest absolute Gasteiger partial charge is 0.453 e. The van der Waals surface area contributed by atoms with E-state index in [1.54, 1.807) is 26.0 Å². The summed E-state index contributed by atoms with van der Waals surface area (Å²) in [6.07, 6.45) is 1.98. The van der Waals surface area contributed by atoms with Gasteiger partial charge in [0.15, 0.2) is 17.2 Å². The van der Waals surface area contributed by atoms with E-state index in [9.17, 15) is 20.4 Å². The number of methoxy groups -OCH3 is 1. The molecular weight excluding hydrogens is 562 g/mol. The maximum Gasteiger partial charge on any atom is 0.407 e. The molecule has 42 heavy (non-hydrogen) atoms. The van der Waals surface area contributed by atoms with Crippen molar-refractivity contribution in [3.8, 4) is 12.1 Å². The SMILES string of the molecule is CCNc1nc(Nc2cc(C#N)cc(N3CC[C@@H](NC(=O)OC)[C@H](NCCC(C)(C)O)C3)c2Cl)nn2c(C#N)cnc12. The number of aliphatic hydroxyl groups is 1. The second-order valence-corrected chi connectivity index (χ2v) is 10.9. The van der Waals surface area contributed by atoms with Crippen molar-refractivity contribution in [1.29, 1.82) is 10.5 Å². The molecule has 5 N–H and O–H groups in total. The Kier molecular flexibility index (Phi) is 9.52. The molecule has 2 atom stereocenters. The van der Waals surface area contributed by atoms with E-state index in [0.29, 0.717) is 72.4 Å². The Bertz CT molecular complexity index is 1520. The molecule has 0 aliphatic carbocycles. The molecule has 0 spiro atoms. The molecule has 2 aromatic heterocycles. The van der Waals surface area contributed by atoms with Gasteiger partial charge in [-0.2, -0.15) is 20.0 Å². The second kappa shape index (κ2) is 13.1. The number of anilines is 4. The molecule has 1 aliphatic rings. The highest BCUT2D eigenvalue weighted by Crippen LogP contribution is 2.37. The first-order valence-electron chi connectivity index (χ1n) is 13.5. The van der Waals surface area contributed by atoms with Crippen molar-refractivity contribution in [2.45, 2.75) is 51.3 Å². The van der Waals surface area contributed by atoms with Gasteiger partial charge in [-0.1, -0.05) is 11.6 Å². The minimum atomic E-state index is -0.847. The molecule has 0 saturated carbocycles. The van der Waals surface area contributed by atoms with Crippen LogP contribution in [-0.2, 0) is 4.74 Å². The summed E-state index contributed by atoms with van der Waals surface area (Å²) in [5.74, 6) is 0.590. The fourth-order valence-electron chi connectivity index (χ4n) is 4.74. The Hall–Kier alpha value is -4.37. The Morgan fingerprint density at radius 2 is 2.07 bits per heavy atom. The number of carbonyl (C=O) groups excluding carboxylic acids is 1. The van der Waals surface area contributed by atoms with Gasteiger partial charge < -0.3 is 36.0 Å². The van der Waals surface area contributed by atoms with Crippen molar-refractivity contribution in [3.05, 3.63) is 34.6 Å². The molecule has 0 bridgehead atoms. The van der Waals surface area contributed by atoms with Crippen LogP contribution in [0.1, 0.15) is 44.9 Å². The van der Waals surface area contributed by atoms with Crippen LogP contribution in [0.15, 0.2) is 18.3 Å². The molecular formula is C27H34ClN11O3. The number of aromatic nitrogens is 4. The molecule has 1 saturated heterocycles. The van der Waals surface area contributed by atoms with Crippen LogP contribution in [0.4, 0.5) is 27.9 Å². The topological polar surface area (TPSA) is 189 Å². The highest BCUT2D eigenvalue weighted by atomic mass is 35.5. The number of hydrogen-bond acceptors (Lipinski definition) is 12. The number of carbonyl (C=O) groups is 1. The van der Waals surface area contributed by atoms with Gasteiger partial charge in [0, 0.05) is 25.7 Å². The molecule has 0 radical (unpaired) electrons. The van der Waals surface area contributed by atoms with Crippen molar-refractivity contribution in [2.24, 2.45) is 0 Å². The van der Waals surface area contributed by atoms with Crippen molar-refractivity contribution in [2.75, 3.05) is 48.8 Å². The molecule has 4 rings (SSSR count). The lowest BCUT2D eigenvalue weighted by Gasteiger charge is -2.41. The molecule has 1 amide bonds. The number of nitriles is 2. The Balaban J connectivity index is 1.65. The van der Waals surface area contributed by atoms with Gasteiger partial charge in [-0.3, -0.25) is 0 Å². The average Bonchev–Trinajstić information content (AvgIpc) is 3.37. The number of imidazole rings is 1. The number of alkyl carbamates (subject to hydrolysis) is 1. The lowest BCUT2D eigenvalue weighted by atomic mass is 9.97. The van der Waals surface area contributed by atoms with Gasteiger partial charge in [0.2, 0.25) is 5.95 Å². The zero-order chi connectivity index (χ0) is 30.4. The number of halogens is 1. The molecule has 3 heterocycles. The van der Waals surface area contributed by atoms with Crippen molar-refractivity contribution in [1.82, 2.24) is 30.2 Å². The number of benzene rings is 1. The Labute approximate surface area is 248 Å². The molecule has 3 aromatic rings. The van der Waals surface area contributed by atoms with Crippen molar-refractivity contribution in [3.63, 3.8) is 0 Å². The zero-order valence-electron chi connectivity index (χ0n) is 23.9. The number of nitrogens with zero attached hydrogens (tertiary/aromatic N) is 7. The van der Waals surface area contributed by atoms with Crippen LogP contribution < -0.4 is 26.2 Å². The normalized spacial score (nSPS) is 16.9. The summed E-state index contributed by atoms with van der Waals surface area (Å²) in [6.45, 7) is 7.49. The third-order valence-electron chi connectivity index (χ3n) is 6.84. The molecule has 14 nitrogen and oxygen atoms in total. The summed E-state index contributed by atoms with van der Waals surface area (Å²) < 4.78 is 6.20. The van der Waals surface area contributed by atoms with E-state index in [4.69, 9.17) is 16.3 Å². The first-order valence-corrected chi connectivity index (χ1v) is 13.9. The first-order chi connectivity index (χ1) is 20.1. The van der Waals surface area contributed by atoms with Crippen LogP contribution >= 0.6 is 11.6 Å². The first kappa shape index (κ1) is 30.6. The maximum atomic E-state index is 12.0. The highest BCUT2D eigenvalue weighted by molar-refractivity contribution is 6.36. The minimum absolute atomic E-state index is 0.156. The number of ether oxygens (including phenoxy) is 1. The van der Waals surface area contributed by atoms with Gasteiger partial charge in [-0.15, -0.1) is 5.10 Å². The lowest BCUT2D eigenvalue weighted by molar-refractivity contribution is 0.0695. The van der Waals surface area contributed by atoms with E-state index in [1.807, 2.05) is 11.8 Å². The van der Waals surface area contributed by atoms with Crippen molar-refractivity contribution >= 4 is 46.5 Å². The number of piperidine rings is 1. The third kappa shape index (κ3) is 7.09. The van der Waals surface area contributed by atoms with Crippen molar-refractivity contribution < 1.29 is 14.6 Å². The fraction of sp³-hybridized carbons (Fsp3) is 0.481. The molecule has 1 aliphatic heterocycles. The van der Waals surface area contributed by atoms with Crippen LogP contribution in [0.5, 0.6) is 0 Å². The van der Waals surface area contributed by atoms with Crippen LogP contribution in [0.2, 0.25) is 5.02 Å². The van der Waals surface area contributed by atoms with Gasteiger partial charge in [-0.25, -0.2) is 9.78 Å². The quantitative estimate of drug-likeness (QED) is 0.231. The summed E-state index contributed by atoms with van der Waals surface area (Å²) in [4.78, 5) is 22.8. The third-order valence-corrected chi connectivity index (χ3v) is 7.23. The van der Waals surface area contributed by atoms with E-state index in [2.05, 4.69) is 48.5 Å². The molecule has 0 unspecified atom stereocenters. The molecule has 222 valence electrons. The van der Waals surface area contributed by atoms with Gasteiger partial charge in [-0.05, 0) is 52.3 Å². The summed E-state index contributed by atoms with van der Waals surface area (Å²) in [7, 11) is 1.32. The van der Waals surface area contributed by atoms with Gasteiger partial charge >= 0.3 is 6.09 Å². The Morgan fingerprint density at radius 1 is 1.29 bits per heavy atom.